The van der Waals surface area contributed by atoms with Gasteiger partial charge in [-0.1, -0.05) is 0 Å². The van der Waals surface area contributed by atoms with Gasteiger partial charge in [-0.15, -0.1) is 0 Å². The summed E-state index contributed by atoms with van der Waals surface area (Å²) in [7, 11) is 0. The molecular formula is C11H18N2O3. The quantitative estimate of drug-likeness (QED) is 0.711. The van der Waals surface area contributed by atoms with Crippen LogP contribution in [0, 0.1) is 5.92 Å². The van der Waals surface area contributed by atoms with Crippen molar-refractivity contribution in [3.8, 4) is 0 Å². The Bertz CT molecular complexity index is 289. The van der Waals surface area contributed by atoms with E-state index < -0.39 is 5.97 Å². The Kier molecular flexibility index (Phi) is 3.43. The molecule has 0 spiro atoms. The van der Waals surface area contributed by atoms with Crippen LogP contribution in [0.1, 0.15) is 25.7 Å². The minimum atomic E-state index is -0.810. The van der Waals surface area contributed by atoms with Gasteiger partial charge in [-0.2, -0.15) is 0 Å². The molecule has 2 aliphatic heterocycles. The Labute approximate surface area is 94.8 Å². The van der Waals surface area contributed by atoms with Crippen LogP contribution in [0.2, 0.25) is 0 Å². The molecule has 1 atom stereocenters. The summed E-state index contributed by atoms with van der Waals surface area (Å²) in [6.45, 7) is 2.57. The maximum Gasteiger partial charge on any atom is 0.305 e. The molecule has 1 amide bonds. The molecule has 16 heavy (non-hydrogen) atoms. The molecule has 0 aliphatic carbocycles. The van der Waals surface area contributed by atoms with E-state index in [-0.39, 0.29) is 18.4 Å². The number of amides is 1. The van der Waals surface area contributed by atoms with E-state index in [0.29, 0.717) is 12.3 Å². The van der Waals surface area contributed by atoms with Crippen LogP contribution < -0.4 is 5.32 Å². The van der Waals surface area contributed by atoms with Gasteiger partial charge in [0, 0.05) is 19.0 Å². The Morgan fingerprint density at radius 3 is 2.62 bits per heavy atom. The number of carbonyl (C=O) groups is 2. The number of nitrogens with zero attached hydrogens (tertiary/aromatic N) is 1. The molecule has 1 unspecified atom stereocenters. The summed E-state index contributed by atoms with van der Waals surface area (Å²) in [5, 5.41) is 11.9. The van der Waals surface area contributed by atoms with Crippen molar-refractivity contribution < 1.29 is 14.7 Å². The highest BCUT2D eigenvalue weighted by atomic mass is 16.4. The van der Waals surface area contributed by atoms with Gasteiger partial charge in [0.25, 0.3) is 0 Å². The first-order chi connectivity index (χ1) is 7.66. The second-order valence-electron chi connectivity index (χ2n) is 4.71. The molecule has 0 aromatic carbocycles. The topological polar surface area (TPSA) is 69.6 Å². The van der Waals surface area contributed by atoms with Crippen LogP contribution in [0.15, 0.2) is 0 Å². The van der Waals surface area contributed by atoms with Crippen molar-refractivity contribution in [1.29, 1.82) is 0 Å². The number of nitrogens with one attached hydrogen (secondary N) is 1. The number of rotatable bonds is 4. The van der Waals surface area contributed by atoms with Gasteiger partial charge in [0.2, 0.25) is 5.91 Å². The number of hydrogen-bond acceptors (Lipinski definition) is 3. The minimum absolute atomic E-state index is 0.0713. The summed E-state index contributed by atoms with van der Waals surface area (Å²) in [5.74, 6) is -0.219. The van der Waals surface area contributed by atoms with Gasteiger partial charge in [0.1, 0.15) is 0 Å². The maximum atomic E-state index is 11.9. The van der Waals surface area contributed by atoms with E-state index in [4.69, 9.17) is 5.11 Å². The zero-order chi connectivity index (χ0) is 11.5. The van der Waals surface area contributed by atoms with E-state index in [1.54, 1.807) is 4.90 Å². The zero-order valence-electron chi connectivity index (χ0n) is 9.32. The second kappa shape index (κ2) is 4.82. The molecule has 2 rings (SSSR count). The summed E-state index contributed by atoms with van der Waals surface area (Å²) in [6, 6.07) is -0.0713. The van der Waals surface area contributed by atoms with E-state index in [1.807, 2.05) is 0 Å². The smallest absolute Gasteiger partial charge is 0.305 e. The standard InChI is InChI=1S/C11H18N2O3/c14-10(4-8-6-12-7-8)13-3-1-2-9(13)5-11(15)16/h8-9,12H,1-7H2,(H,15,16). The number of hydrogen-bond donors (Lipinski definition) is 2. The Balaban J connectivity index is 1.85. The molecule has 0 radical (unpaired) electrons. The molecule has 2 N–H and O–H groups in total. The fraction of sp³-hybridized carbons (Fsp3) is 0.818. The Hall–Kier alpha value is -1.10. The van der Waals surface area contributed by atoms with Crippen molar-refractivity contribution in [2.45, 2.75) is 31.7 Å². The second-order valence-corrected chi connectivity index (χ2v) is 4.71. The lowest BCUT2D eigenvalue weighted by Gasteiger charge is -2.30. The third-order valence-corrected chi connectivity index (χ3v) is 3.44. The summed E-state index contributed by atoms with van der Waals surface area (Å²) in [6.07, 6.45) is 2.44. The lowest BCUT2D eigenvalue weighted by molar-refractivity contribution is -0.140. The fourth-order valence-electron chi connectivity index (χ4n) is 2.43. The summed E-state index contributed by atoms with van der Waals surface area (Å²) < 4.78 is 0. The number of carboxylic acids is 1. The first-order valence-electron chi connectivity index (χ1n) is 5.89. The third-order valence-electron chi connectivity index (χ3n) is 3.44. The van der Waals surface area contributed by atoms with Crippen molar-refractivity contribution in [3.05, 3.63) is 0 Å². The maximum absolute atomic E-state index is 11.9. The molecule has 2 fully saturated rings. The number of carboxylic acid groups (broad SMARTS) is 1. The zero-order valence-corrected chi connectivity index (χ0v) is 9.32. The third kappa shape index (κ3) is 2.52. The van der Waals surface area contributed by atoms with Crippen LogP contribution in [-0.2, 0) is 9.59 Å². The van der Waals surface area contributed by atoms with Gasteiger partial charge >= 0.3 is 5.97 Å². The average Bonchev–Trinajstić information content (AvgIpc) is 2.58. The molecule has 0 saturated carbocycles. The Morgan fingerprint density at radius 1 is 1.31 bits per heavy atom. The number of likely N-dealkylation sites (tertiary alicyclic amines) is 1. The number of aliphatic carboxylic acids is 1. The molecule has 90 valence electrons. The van der Waals surface area contributed by atoms with E-state index in [1.165, 1.54) is 0 Å². The SMILES string of the molecule is O=C(O)CC1CCCN1C(=O)CC1CNC1. The van der Waals surface area contributed by atoms with Gasteiger partial charge in [0.05, 0.1) is 6.42 Å². The predicted octanol–water partition coefficient (Wildman–Crippen LogP) is 0.0616. The highest BCUT2D eigenvalue weighted by Gasteiger charge is 2.32. The van der Waals surface area contributed by atoms with Crippen LogP contribution in [0.4, 0.5) is 0 Å². The number of carbonyl (C=O) groups excluding carboxylic acids is 1. The molecule has 2 heterocycles. The Morgan fingerprint density at radius 2 is 2.06 bits per heavy atom. The van der Waals surface area contributed by atoms with Crippen LogP contribution >= 0.6 is 0 Å². The van der Waals surface area contributed by atoms with Crippen LogP contribution in [0.3, 0.4) is 0 Å². The van der Waals surface area contributed by atoms with E-state index in [9.17, 15) is 9.59 Å². The van der Waals surface area contributed by atoms with Crippen LogP contribution in [0.25, 0.3) is 0 Å². The summed E-state index contributed by atoms with van der Waals surface area (Å²) >= 11 is 0. The van der Waals surface area contributed by atoms with Crippen molar-refractivity contribution in [2.75, 3.05) is 19.6 Å². The molecule has 0 bridgehead atoms. The van der Waals surface area contributed by atoms with Crippen LogP contribution in [0.5, 0.6) is 0 Å². The van der Waals surface area contributed by atoms with Gasteiger partial charge in [-0.05, 0) is 31.8 Å². The van der Waals surface area contributed by atoms with Gasteiger partial charge < -0.3 is 15.3 Å². The molecular weight excluding hydrogens is 208 g/mol. The molecule has 5 nitrogen and oxygen atoms in total. The summed E-state index contributed by atoms with van der Waals surface area (Å²) in [5.41, 5.74) is 0. The van der Waals surface area contributed by atoms with Gasteiger partial charge in [-0.3, -0.25) is 9.59 Å². The largest absolute Gasteiger partial charge is 0.481 e. The first kappa shape index (κ1) is 11.4. The lowest BCUT2D eigenvalue weighted by atomic mass is 9.98. The highest BCUT2D eigenvalue weighted by Crippen LogP contribution is 2.22. The molecule has 2 saturated heterocycles. The van der Waals surface area contributed by atoms with Crippen molar-refractivity contribution in [2.24, 2.45) is 5.92 Å². The van der Waals surface area contributed by atoms with E-state index >= 15 is 0 Å². The first-order valence-corrected chi connectivity index (χ1v) is 5.89. The molecule has 0 aromatic rings. The minimum Gasteiger partial charge on any atom is -0.481 e. The van der Waals surface area contributed by atoms with Crippen LogP contribution in [-0.4, -0.2) is 47.6 Å². The average molecular weight is 226 g/mol. The van der Waals surface area contributed by atoms with E-state index in [0.717, 1.165) is 32.5 Å². The van der Waals surface area contributed by atoms with Gasteiger partial charge in [0.15, 0.2) is 0 Å². The van der Waals surface area contributed by atoms with Crippen molar-refractivity contribution >= 4 is 11.9 Å². The normalized spacial score (nSPS) is 25.5. The molecule has 0 aromatic heterocycles. The lowest BCUT2D eigenvalue weighted by Crippen LogP contribution is -2.46. The van der Waals surface area contributed by atoms with Crippen molar-refractivity contribution in [1.82, 2.24) is 10.2 Å². The molecule has 5 heteroatoms. The van der Waals surface area contributed by atoms with E-state index in [2.05, 4.69) is 5.32 Å². The van der Waals surface area contributed by atoms with Crippen molar-refractivity contribution in [3.63, 3.8) is 0 Å². The highest BCUT2D eigenvalue weighted by molar-refractivity contribution is 5.78. The monoisotopic (exact) mass is 226 g/mol. The predicted molar refractivity (Wildman–Crippen MR) is 58.0 cm³/mol. The fourth-order valence-corrected chi connectivity index (χ4v) is 2.43. The van der Waals surface area contributed by atoms with Gasteiger partial charge in [-0.25, -0.2) is 0 Å². The molecule has 2 aliphatic rings. The summed E-state index contributed by atoms with van der Waals surface area (Å²) in [4.78, 5) is 24.4.